The number of rotatable bonds is 2. The van der Waals surface area contributed by atoms with E-state index in [1.807, 2.05) is 29.6 Å². The van der Waals surface area contributed by atoms with Crippen LogP contribution in [0.5, 0.6) is 0 Å². The van der Waals surface area contributed by atoms with Crippen LogP contribution in [-0.4, -0.2) is 19.9 Å². The van der Waals surface area contributed by atoms with Gasteiger partial charge in [-0.1, -0.05) is 22.6 Å². The fourth-order valence-electron chi connectivity index (χ4n) is 0.654. The van der Waals surface area contributed by atoms with E-state index in [4.69, 9.17) is 0 Å². The Labute approximate surface area is 78.1 Å². The Hall–Kier alpha value is -0.590. The first-order chi connectivity index (χ1) is 5.22. The molecule has 5 heteroatoms. The zero-order valence-electron chi connectivity index (χ0n) is 6.04. The van der Waals surface area contributed by atoms with Gasteiger partial charge in [0, 0.05) is 13.2 Å². The van der Waals surface area contributed by atoms with E-state index in [2.05, 4.69) is 10.3 Å². The van der Waals surface area contributed by atoms with Gasteiger partial charge >= 0.3 is 0 Å². The molecule has 60 valence electrons. The largest absolute Gasteiger partial charge is 0.338 e. The summed E-state index contributed by atoms with van der Waals surface area (Å²) in [6, 6.07) is 0. The summed E-state index contributed by atoms with van der Waals surface area (Å²) in [5.41, 5.74) is 0. The predicted octanol–water partition coefficient (Wildman–Crippen LogP) is 0.794. The molecule has 0 aromatic carbocycles. The Balaban J connectivity index is 2.57. The molecule has 1 amide bonds. The van der Waals surface area contributed by atoms with Gasteiger partial charge in [-0.3, -0.25) is 4.79 Å². The second-order valence-corrected chi connectivity index (χ2v) is 2.87. The number of amides is 1. The smallest absolute Gasteiger partial charge is 0.235 e. The summed E-state index contributed by atoms with van der Waals surface area (Å²) in [6.45, 7) is 0. The molecule has 1 aromatic rings. The van der Waals surface area contributed by atoms with Gasteiger partial charge in [0.2, 0.25) is 5.91 Å². The first-order valence-corrected chi connectivity index (χ1v) is 4.58. The summed E-state index contributed by atoms with van der Waals surface area (Å²) in [4.78, 5) is 14.8. The van der Waals surface area contributed by atoms with Gasteiger partial charge in [0.05, 0.1) is 10.8 Å². The van der Waals surface area contributed by atoms with Crippen LogP contribution in [0.3, 0.4) is 0 Å². The Bertz CT molecular complexity index is 258. The number of carbonyl (C=O) groups is 1. The molecule has 0 unspecified atom stereocenters. The molecule has 1 N–H and O–H groups in total. The van der Waals surface area contributed by atoms with E-state index in [9.17, 15) is 4.79 Å². The van der Waals surface area contributed by atoms with E-state index >= 15 is 0 Å². The third-order valence-electron chi connectivity index (χ3n) is 1.09. The van der Waals surface area contributed by atoms with Crippen molar-refractivity contribution in [2.75, 3.05) is 9.74 Å². The molecule has 0 radical (unpaired) electrons. The summed E-state index contributed by atoms with van der Waals surface area (Å²) in [7, 11) is 1.85. The maximum absolute atomic E-state index is 10.8. The van der Waals surface area contributed by atoms with Crippen molar-refractivity contribution in [1.29, 1.82) is 0 Å². The van der Waals surface area contributed by atoms with E-state index in [1.165, 1.54) is 0 Å². The highest BCUT2D eigenvalue weighted by Crippen LogP contribution is 2.00. The van der Waals surface area contributed by atoms with Crippen LogP contribution in [-0.2, 0) is 11.8 Å². The highest BCUT2D eigenvalue weighted by molar-refractivity contribution is 14.1. The quantitative estimate of drug-likeness (QED) is 0.635. The minimum absolute atomic E-state index is 0.0238. The molecule has 4 nitrogen and oxygen atoms in total. The topological polar surface area (TPSA) is 46.9 Å². The molecular weight excluding hydrogens is 257 g/mol. The number of aromatic nitrogens is 2. The lowest BCUT2D eigenvalue weighted by Crippen LogP contribution is -2.12. The van der Waals surface area contributed by atoms with E-state index in [0.29, 0.717) is 10.2 Å². The van der Waals surface area contributed by atoms with Crippen molar-refractivity contribution in [2.45, 2.75) is 0 Å². The van der Waals surface area contributed by atoms with E-state index in [-0.39, 0.29) is 5.91 Å². The van der Waals surface area contributed by atoms with Crippen molar-refractivity contribution >= 4 is 34.3 Å². The highest BCUT2D eigenvalue weighted by atomic mass is 127. The minimum atomic E-state index is -0.0238. The Morgan fingerprint density at radius 2 is 2.64 bits per heavy atom. The number of hydrogen-bond acceptors (Lipinski definition) is 2. The molecule has 0 bridgehead atoms. The van der Waals surface area contributed by atoms with Gasteiger partial charge in [0.1, 0.15) is 0 Å². The summed E-state index contributed by atoms with van der Waals surface area (Å²) < 4.78 is 2.23. The Morgan fingerprint density at radius 3 is 3.09 bits per heavy atom. The second kappa shape index (κ2) is 3.70. The lowest BCUT2D eigenvalue weighted by atomic mass is 10.6. The molecule has 0 saturated heterocycles. The number of aryl methyl sites for hydroxylation is 1. The van der Waals surface area contributed by atoms with Crippen molar-refractivity contribution in [1.82, 2.24) is 9.55 Å². The standard InChI is InChI=1S/C6H8IN3O/c1-10-3-5(8-4-10)9-6(11)2-7/h3-4H,2H2,1H3,(H,9,11). The number of carbonyl (C=O) groups excluding carboxylic acids is 1. The second-order valence-electron chi connectivity index (χ2n) is 2.11. The van der Waals surface area contributed by atoms with Gasteiger partial charge < -0.3 is 9.88 Å². The van der Waals surface area contributed by atoms with Crippen LogP contribution >= 0.6 is 22.6 Å². The third kappa shape index (κ3) is 2.49. The van der Waals surface area contributed by atoms with Crippen LogP contribution in [0, 0.1) is 0 Å². The fourth-order valence-corrected chi connectivity index (χ4v) is 0.844. The number of nitrogens with zero attached hydrogens (tertiary/aromatic N) is 2. The molecule has 0 spiro atoms. The van der Waals surface area contributed by atoms with Crippen LogP contribution < -0.4 is 5.32 Å². The van der Waals surface area contributed by atoms with Gasteiger partial charge in [-0.2, -0.15) is 0 Å². The molecule has 1 heterocycles. The summed E-state index contributed by atoms with van der Waals surface area (Å²) >= 11 is 2.00. The van der Waals surface area contributed by atoms with Gasteiger partial charge in [-0.25, -0.2) is 4.98 Å². The first-order valence-electron chi connectivity index (χ1n) is 3.06. The molecule has 0 atom stereocenters. The summed E-state index contributed by atoms with van der Waals surface area (Å²) in [5.74, 6) is 0.582. The van der Waals surface area contributed by atoms with Crippen LogP contribution in [0.1, 0.15) is 0 Å². The zero-order chi connectivity index (χ0) is 8.27. The zero-order valence-corrected chi connectivity index (χ0v) is 8.20. The van der Waals surface area contributed by atoms with Crippen LogP contribution in [0.4, 0.5) is 5.82 Å². The van der Waals surface area contributed by atoms with E-state index in [0.717, 1.165) is 0 Å². The number of anilines is 1. The average Bonchev–Trinajstić information content (AvgIpc) is 2.35. The van der Waals surface area contributed by atoms with Crippen molar-refractivity contribution < 1.29 is 4.79 Å². The molecule has 0 aliphatic carbocycles. The number of halogens is 1. The molecular formula is C6H8IN3O. The Morgan fingerprint density at radius 1 is 1.91 bits per heavy atom. The number of imidazole rings is 1. The van der Waals surface area contributed by atoms with Gasteiger partial charge in [0.25, 0.3) is 0 Å². The minimum Gasteiger partial charge on any atom is -0.338 e. The maximum Gasteiger partial charge on any atom is 0.235 e. The van der Waals surface area contributed by atoms with E-state index in [1.54, 1.807) is 17.1 Å². The average molecular weight is 265 g/mol. The Kier molecular flexibility index (Phi) is 2.86. The van der Waals surface area contributed by atoms with Gasteiger partial charge in [0.15, 0.2) is 5.82 Å². The molecule has 1 rings (SSSR count). The monoisotopic (exact) mass is 265 g/mol. The van der Waals surface area contributed by atoms with Gasteiger partial charge in [-0.05, 0) is 0 Å². The summed E-state index contributed by atoms with van der Waals surface area (Å²) in [6.07, 6.45) is 3.40. The molecule has 0 saturated carbocycles. The molecule has 11 heavy (non-hydrogen) atoms. The highest BCUT2D eigenvalue weighted by Gasteiger charge is 2.00. The molecule has 0 fully saturated rings. The number of alkyl halides is 1. The maximum atomic E-state index is 10.8. The van der Waals surface area contributed by atoms with Crippen LogP contribution in [0.25, 0.3) is 0 Å². The molecule has 0 aliphatic rings. The van der Waals surface area contributed by atoms with E-state index < -0.39 is 0 Å². The number of nitrogens with one attached hydrogen (secondary N) is 1. The summed E-state index contributed by atoms with van der Waals surface area (Å²) in [5, 5.41) is 2.63. The predicted molar refractivity (Wildman–Crippen MR) is 50.7 cm³/mol. The molecule has 0 aliphatic heterocycles. The lowest BCUT2D eigenvalue weighted by molar-refractivity contribution is -0.113. The SMILES string of the molecule is Cn1cnc(NC(=O)CI)c1. The van der Waals surface area contributed by atoms with Gasteiger partial charge in [-0.15, -0.1) is 0 Å². The molecule has 1 aromatic heterocycles. The lowest BCUT2D eigenvalue weighted by Gasteiger charge is -1.95. The van der Waals surface area contributed by atoms with Crippen LogP contribution in [0.15, 0.2) is 12.5 Å². The normalized spacial score (nSPS) is 9.64. The first kappa shape index (κ1) is 8.51. The van der Waals surface area contributed by atoms with Crippen molar-refractivity contribution in [2.24, 2.45) is 7.05 Å². The van der Waals surface area contributed by atoms with Crippen molar-refractivity contribution in [3.63, 3.8) is 0 Å². The van der Waals surface area contributed by atoms with Crippen molar-refractivity contribution in [3.05, 3.63) is 12.5 Å². The van der Waals surface area contributed by atoms with Crippen LogP contribution in [0.2, 0.25) is 0 Å². The van der Waals surface area contributed by atoms with Crippen molar-refractivity contribution in [3.8, 4) is 0 Å². The fraction of sp³-hybridized carbons (Fsp3) is 0.333. The third-order valence-corrected chi connectivity index (χ3v) is 1.79. The number of hydrogen-bond donors (Lipinski definition) is 1.